The fourth-order valence-corrected chi connectivity index (χ4v) is 2.39. The van der Waals surface area contributed by atoms with Gasteiger partial charge in [0.25, 0.3) is 11.8 Å². The molecule has 10 heteroatoms. The van der Waals surface area contributed by atoms with Gasteiger partial charge in [-0.2, -0.15) is 13.2 Å². The van der Waals surface area contributed by atoms with Crippen molar-refractivity contribution in [3.05, 3.63) is 62.2 Å². The molecule has 0 radical (unpaired) electrons. The van der Waals surface area contributed by atoms with Crippen LogP contribution in [0.5, 0.6) is 0 Å². The fraction of sp³-hybridized carbons (Fsp3) is 0.176. The van der Waals surface area contributed by atoms with Crippen LogP contribution in [-0.4, -0.2) is 24.5 Å². The predicted octanol–water partition coefficient (Wildman–Crippen LogP) is 4.42. The number of carbonyl (C=O) groups excluding carboxylic acids is 2. The number of amides is 2. The van der Waals surface area contributed by atoms with E-state index in [0.717, 1.165) is 18.2 Å². The van der Waals surface area contributed by atoms with E-state index in [0.29, 0.717) is 3.57 Å². The third-order valence-corrected chi connectivity index (χ3v) is 4.36. The van der Waals surface area contributed by atoms with Crippen molar-refractivity contribution in [3.63, 3.8) is 0 Å². The van der Waals surface area contributed by atoms with Gasteiger partial charge in [0.05, 0.1) is 0 Å². The van der Waals surface area contributed by atoms with Crippen molar-refractivity contribution in [2.45, 2.75) is 13.1 Å². The summed E-state index contributed by atoms with van der Waals surface area (Å²) in [5.74, 6) is -3.42. The van der Waals surface area contributed by atoms with E-state index in [1.807, 2.05) is 0 Å². The Bertz CT molecular complexity index is 900. The van der Waals surface area contributed by atoms with E-state index in [1.54, 1.807) is 27.9 Å². The van der Waals surface area contributed by atoms with Crippen molar-refractivity contribution in [2.24, 2.45) is 0 Å². The molecular formula is C17H12F5IN2O2. The number of carbonyl (C=O) groups is 2. The average Bonchev–Trinajstić information content (AvgIpc) is 2.58. The quantitative estimate of drug-likeness (QED) is 0.485. The van der Waals surface area contributed by atoms with Crippen molar-refractivity contribution >= 4 is 40.1 Å². The van der Waals surface area contributed by atoms with Crippen LogP contribution in [0.3, 0.4) is 0 Å². The fourth-order valence-electron chi connectivity index (χ4n) is 2.05. The molecule has 0 spiro atoms. The van der Waals surface area contributed by atoms with Crippen LogP contribution in [0.15, 0.2) is 30.3 Å². The van der Waals surface area contributed by atoms with E-state index in [9.17, 15) is 31.5 Å². The Hall–Kier alpha value is -2.24. The van der Waals surface area contributed by atoms with Gasteiger partial charge in [-0.15, -0.1) is 0 Å². The normalized spacial score (nSPS) is 11.2. The van der Waals surface area contributed by atoms with Gasteiger partial charge in [0.1, 0.15) is 18.2 Å². The molecule has 0 aliphatic heterocycles. The second-order valence-electron chi connectivity index (χ2n) is 5.51. The second kappa shape index (κ2) is 8.19. The van der Waals surface area contributed by atoms with Gasteiger partial charge < -0.3 is 10.6 Å². The molecule has 2 aromatic rings. The molecule has 0 atom stereocenters. The van der Waals surface area contributed by atoms with Crippen molar-refractivity contribution in [1.82, 2.24) is 5.32 Å². The van der Waals surface area contributed by atoms with Crippen LogP contribution >= 0.6 is 22.6 Å². The maximum absolute atomic E-state index is 14.0. The number of nitrogens with one attached hydrogen (secondary N) is 2. The standard InChI is InChI=1S/C17H12F5IN2O2/c1-8-11(18)5-10(15(26)24-7-17(20,21)22)6-14(8)25-16(27)9-2-3-13(23)12(19)4-9/h2-6H,7H2,1H3,(H,24,26)(H,25,27). The lowest BCUT2D eigenvalue weighted by atomic mass is 10.1. The van der Waals surface area contributed by atoms with Gasteiger partial charge in [0, 0.05) is 25.9 Å². The minimum Gasteiger partial charge on any atom is -0.343 e. The molecule has 4 nitrogen and oxygen atoms in total. The van der Waals surface area contributed by atoms with Gasteiger partial charge in [0.15, 0.2) is 0 Å². The van der Waals surface area contributed by atoms with Crippen LogP contribution in [0.25, 0.3) is 0 Å². The van der Waals surface area contributed by atoms with Crippen LogP contribution < -0.4 is 10.6 Å². The Morgan fingerprint density at radius 2 is 1.63 bits per heavy atom. The number of rotatable bonds is 4. The summed E-state index contributed by atoms with van der Waals surface area (Å²) in [4.78, 5) is 24.0. The number of benzene rings is 2. The summed E-state index contributed by atoms with van der Waals surface area (Å²) in [7, 11) is 0. The summed E-state index contributed by atoms with van der Waals surface area (Å²) in [6.07, 6.45) is -4.62. The minimum atomic E-state index is -4.62. The maximum atomic E-state index is 14.0. The molecular weight excluding hydrogens is 486 g/mol. The topological polar surface area (TPSA) is 58.2 Å². The van der Waals surface area contributed by atoms with Crippen LogP contribution in [0, 0.1) is 22.1 Å². The maximum Gasteiger partial charge on any atom is 0.405 e. The van der Waals surface area contributed by atoms with Crippen LogP contribution in [0.4, 0.5) is 27.6 Å². The highest BCUT2D eigenvalue weighted by atomic mass is 127. The molecule has 0 saturated heterocycles. The molecule has 0 aliphatic rings. The summed E-state index contributed by atoms with van der Waals surface area (Å²) in [6, 6.07) is 5.53. The molecule has 0 bridgehead atoms. The van der Waals surface area contributed by atoms with Gasteiger partial charge >= 0.3 is 6.18 Å². The Labute approximate surface area is 164 Å². The van der Waals surface area contributed by atoms with E-state index in [-0.39, 0.29) is 16.8 Å². The van der Waals surface area contributed by atoms with Gasteiger partial charge in [-0.25, -0.2) is 8.78 Å². The third-order valence-electron chi connectivity index (χ3n) is 3.49. The molecule has 2 amide bonds. The second-order valence-corrected chi connectivity index (χ2v) is 6.67. The molecule has 27 heavy (non-hydrogen) atoms. The van der Waals surface area contributed by atoms with Gasteiger partial charge in [-0.05, 0) is 59.8 Å². The van der Waals surface area contributed by atoms with Crippen LogP contribution in [0.1, 0.15) is 26.3 Å². The molecule has 0 saturated carbocycles. The van der Waals surface area contributed by atoms with Crippen molar-refractivity contribution in [1.29, 1.82) is 0 Å². The summed E-state index contributed by atoms with van der Waals surface area (Å²) in [6.45, 7) is -0.262. The van der Waals surface area contributed by atoms with Gasteiger partial charge in [-0.3, -0.25) is 9.59 Å². The molecule has 2 rings (SSSR count). The molecule has 0 aliphatic carbocycles. The first-order chi connectivity index (χ1) is 12.5. The van der Waals surface area contributed by atoms with Crippen molar-refractivity contribution < 1.29 is 31.5 Å². The summed E-state index contributed by atoms with van der Waals surface area (Å²) in [5.41, 5.74) is -0.580. The molecule has 2 N–H and O–H groups in total. The van der Waals surface area contributed by atoms with E-state index < -0.39 is 41.7 Å². The lowest BCUT2D eigenvalue weighted by Crippen LogP contribution is -2.33. The zero-order valence-corrected chi connectivity index (χ0v) is 15.8. The largest absolute Gasteiger partial charge is 0.405 e. The SMILES string of the molecule is Cc1c(F)cc(C(=O)NCC(F)(F)F)cc1NC(=O)c1ccc(I)c(F)c1. The number of halogens is 6. The minimum absolute atomic E-state index is 0.0262. The number of hydrogen-bond donors (Lipinski definition) is 2. The van der Waals surface area contributed by atoms with Crippen molar-refractivity contribution in [3.8, 4) is 0 Å². The number of anilines is 1. The van der Waals surface area contributed by atoms with E-state index in [2.05, 4.69) is 5.32 Å². The van der Waals surface area contributed by atoms with E-state index in [1.165, 1.54) is 19.1 Å². The lowest BCUT2D eigenvalue weighted by molar-refractivity contribution is -0.123. The summed E-state index contributed by atoms with van der Waals surface area (Å²) >= 11 is 1.74. The molecule has 0 unspecified atom stereocenters. The highest BCUT2D eigenvalue weighted by Gasteiger charge is 2.28. The van der Waals surface area contributed by atoms with Gasteiger partial charge in [-0.1, -0.05) is 0 Å². The smallest absolute Gasteiger partial charge is 0.343 e. The molecule has 144 valence electrons. The van der Waals surface area contributed by atoms with Crippen LogP contribution in [0.2, 0.25) is 0 Å². The predicted molar refractivity (Wildman–Crippen MR) is 96.6 cm³/mol. The van der Waals surface area contributed by atoms with Crippen molar-refractivity contribution in [2.75, 3.05) is 11.9 Å². The number of hydrogen-bond acceptors (Lipinski definition) is 2. The summed E-state index contributed by atoms with van der Waals surface area (Å²) < 4.78 is 64.5. The Kier molecular flexibility index (Phi) is 6.39. The van der Waals surface area contributed by atoms with E-state index in [4.69, 9.17) is 0 Å². The van der Waals surface area contributed by atoms with Crippen LogP contribution in [-0.2, 0) is 0 Å². The monoisotopic (exact) mass is 498 g/mol. The molecule has 2 aromatic carbocycles. The first-order valence-corrected chi connectivity index (χ1v) is 8.47. The summed E-state index contributed by atoms with van der Waals surface area (Å²) in [5, 5.41) is 3.95. The molecule has 0 heterocycles. The zero-order chi connectivity index (χ0) is 20.4. The van der Waals surface area contributed by atoms with Gasteiger partial charge in [0.2, 0.25) is 0 Å². The zero-order valence-electron chi connectivity index (χ0n) is 13.7. The highest BCUT2D eigenvalue weighted by molar-refractivity contribution is 14.1. The third kappa shape index (κ3) is 5.62. The molecule has 0 aromatic heterocycles. The average molecular weight is 498 g/mol. The highest BCUT2D eigenvalue weighted by Crippen LogP contribution is 2.23. The Balaban J connectivity index is 2.25. The Morgan fingerprint density at radius 3 is 2.22 bits per heavy atom. The Morgan fingerprint density at radius 1 is 1.00 bits per heavy atom. The lowest BCUT2D eigenvalue weighted by Gasteiger charge is -2.13. The first-order valence-electron chi connectivity index (χ1n) is 7.39. The first kappa shape index (κ1) is 21.1. The molecule has 0 fully saturated rings. The van der Waals surface area contributed by atoms with E-state index >= 15 is 0 Å². The number of alkyl halides is 3.